The first kappa shape index (κ1) is 35.0. The molecule has 0 aliphatic heterocycles. The van der Waals surface area contributed by atoms with Gasteiger partial charge in [0.2, 0.25) is 0 Å². The molecule has 0 spiro atoms. The van der Waals surface area contributed by atoms with Gasteiger partial charge in [-0.05, 0) is 75.1 Å². The minimum absolute atomic E-state index is 0.00202. The summed E-state index contributed by atoms with van der Waals surface area (Å²) in [5.41, 5.74) is 2.96. The molecule has 4 aromatic rings. The van der Waals surface area contributed by atoms with Gasteiger partial charge in [0.1, 0.15) is 24.4 Å². The number of hydrogen-bond donors (Lipinski definition) is 2. The summed E-state index contributed by atoms with van der Waals surface area (Å²) >= 11 is 0. The molecule has 0 aliphatic rings. The lowest BCUT2D eigenvalue weighted by Crippen LogP contribution is -2.26. The number of anilines is 1. The number of carbonyl (C=O) groups excluding carboxylic acids is 2. The number of nitrogens with one attached hydrogen (secondary N) is 2. The Bertz CT molecular complexity index is 1570. The van der Waals surface area contributed by atoms with Gasteiger partial charge in [-0.25, -0.2) is 14.8 Å². The monoisotopic (exact) mass is 645 g/mol. The number of esters is 1. The number of rotatable bonds is 19. The number of methoxy groups -OCH3 is 1. The normalized spacial score (nSPS) is 12.3. The van der Waals surface area contributed by atoms with E-state index in [1.165, 1.54) is 13.4 Å². The van der Waals surface area contributed by atoms with Crippen molar-refractivity contribution in [1.82, 2.24) is 30.0 Å². The average Bonchev–Trinajstić information content (AvgIpc) is 3.46. The lowest BCUT2D eigenvalue weighted by Gasteiger charge is -2.18. The van der Waals surface area contributed by atoms with Crippen molar-refractivity contribution in [2.24, 2.45) is 7.05 Å². The Hall–Kier alpha value is -4.88. The number of hydrogen-bond acceptors (Lipinski definition) is 11. The number of benzene rings is 2. The van der Waals surface area contributed by atoms with E-state index in [9.17, 15) is 9.59 Å². The second-order valence-corrected chi connectivity index (χ2v) is 11.0. The van der Waals surface area contributed by atoms with Crippen LogP contribution >= 0.6 is 0 Å². The summed E-state index contributed by atoms with van der Waals surface area (Å²) in [7, 11) is 3.22. The van der Waals surface area contributed by atoms with Crippen LogP contribution in [0.4, 0.5) is 5.69 Å². The van der Waals surface area contributed by atoms with Crippen LogP contribution in [0.1, 0.15) is 60.9 Å². The van der Waals surface area contributed by atoms with E-state index in [2.05, 4.69) is 35.5 Å². The van der Waals surface area contributed by atoms with Crippen LogP contribution in [0.3, 0.4) is 0 Å². The zero-order valence-corrected chi connectivity index (χ0v) is 27.3. The molecule has 2 aromatic carbocycles. The number of amides is 1. The Labute approximate surface area is 275 Å². The molecule has 0 fully saturated rings. The molecule has 0 bridgehead atoms. The summed E-state index contributed by atoms with van der Waals surface area (Å²) in [4.78, 5) is 32.4. The fraction of sp³-hybridized carbons (Fsp3) is 0.412. The summed E-state index contributed by atoms with van der Waals surface area (Å²) in [5.74, 6) is 1.56. The van der Waals surface area contributed by atoms with Crippen LogP contribution in [0.25, 0.3) is 11.5 Å². The number of ether oxygens (including phenoxy) is 4. The van der Waals surface area contributed by atoms with Crippen LogP contribution in [0.5, 0.6) is 5.75 Å². The van der Waals surface area contributed by atoms with Crippen LogP contribution in [-0.2, 0) is 32.6 Å². The van der Waals surface area contributed by atoms with Gasteiger partial charge in [-0.15, -0.1) is 10.2 Å². The third-order valence-corrected chi connectivity index (χ3v) is 7.32. The maximum atomic E-state index is 13.2. The van der Waals surface area contributed by atoms with Gasteiger partial charge in [0.25, 0.3) is 5.91 Å². The van der Waals surface area contributed by atoms with Crippen molar-refractivity contribution in [3.8, 4) is 17.3 Å². The first-order valence-corrected chi connectivity index (χ1v) is 15.6. The van der Waals surface area contributed by atoms with E-state index in [0.29, 0.717) is 49.9 Å². The topological polar surface area (TPSA) is 152 Å². The molecule has 0 radical (unpaired) electrons. The Morgan fingerprint density at radius 2 is 1.77 bits per heavy atom. The van der Waals surface area contributed by atoms with Crippen LogP contribution in [0.15, 0.2) is 67.1 Å². The summed E-state index contributed by atoms with van der Waals surface area (Å²) in [5, 5.41) is 15.0. The molecule has 0 aliphatic carbocycles. The van der Waals surface area contributed by atoms with Crippen LogP contribution in [-0.4, -0.2) is 76.3 Å². The second kappa shape index (κ2) is 18.3. The van der Waals surface area contributed by atoms with Crippen molar-refractivity contribution in [1.29, 1.82) is 0 Å². The molecular formula is C34H43N7O6. The van der Waals surface area contributed by atoms with E-state index in [4.69, 9.17) is 14.2 Å². The zero-order valence-electron chi connectivity index (χ0n) is 27.3. The van der Waals surface area contributed by atoms with Gasteiger partial charge < -0.3 is 34.1 Å². The van der Waals surface area contributed by atoms with E-state index in [-0.39, 0.29) is 30.6 Å². The predicted octanol–water partition coefficient (Wildman–Crippen LogP) is 4.52. The minimum Gasteiger partial charge on any atom is -0.491 e. The molecule has 0 saturated carbocycles. The molecule has 0 saturated heterocycles. The third-order valence-electron chi connectivity index (χ3n) is 7.32. The van der Waals surface area contributed by atoms with E-state index >= 15 is 0 Å². The molecule has 1 amide bonds. The number of nitrogens with zero attached hydrogens (tertiary/aromatic N) is 5. The van der Waals surface area contributed by atoms with Gasteiger partial charge in [0, 0.05) is 44.3 Å². The van der Waals surface area contributed by atoms with Crippen molar-refractivity contribution in [2.45, 2.75) is 51.8 Å². The molecule has 250 valence electrons. The van der Waals surface area contributed by atoms with Crippen molar-refractivity contribution in [2.75, 3.05) is 38.9 Å². The molecular weight excluding hydrogens is 602 g/mol. The highest BCUT2D eigenvalue weighted by Gasteiger charge is 2.15. The number of aromatic nitrogens is 5. The molecule has 47 heavy (non-hydrogen) atoms. The van der Waals surface area contributed by atoms with E-state index in [0.717, 1.165) is 35.7 Å². The third kappa shape index (κ3) is 11.2. The van der Waals surface area contributed by atoms with Gasteiger partial charge >= 0.3 is 5.97 Å². The highest BCUT2D eigenvalue weighted by molar-refractivity contribution is 5.95. The van der Waals surface area contributed by atoms with Crippen molar-refractivity contribution in [3.05, 3.63) is 84.1 Å². The van der Waals surface area contributed by atoms with Crippen molar-refractivity contribution in [3.63, 3.8) is 0 Å². The van der Waals surface area contributed by atoms with Gasteiger partial charge in [-0.3, -0.25) is 4.79 Å². The molecule has 4 rings (SSSR count). The lowest BCUT2D eigenvalue weighted by atomic mass is 10.1. The fourth-order valence-corrected chi connectivity index (χ4v) is 4.68. The summed E-state index contributed by atoms with van der Waals surface area (Å²) < 4.78 is 23.4. The quantitative estimate of drug-likeness (QED) is 0.109. The lowest BCUT2D eigenvalue weighted by molar-refractivity contribution is -0.146. The highest BCUT2D eigenvalue weighted by Crippen LogP contribution is 2.22. The highest BCUT2D eigenvalue weighted by atomic mass is 16.6. The molecule has 2 aromatic heterocycles. The van der Waals surface area contributed by atoms with E-state index < -0.39 is 0 Å². The minimum atomic E-state index is -0.383. The van der Waals surface area contributed by atoms with Crippen LogP contribution in [0.2, 0.25) is 0 Å². The van der Waals surface area contributed by atoms with E-state index in [1.54, 1.807) is 18.3 Å². The molecule has 13 nitrogen and oxygen atoms in total. The van der Waals surface area contributed by atoms with Crippen LogP contribution < -0.4 is 15.4 Å². The van der Waals surface area contributed by atoms with Gasteiger partial charge in [0.15, 0.2) is 11.6 Å². The first-order chi connectivity index (χ1) is 22.8. The Morgan fingerprint density at radius 3 is 2.57 bits per heavy atom. The summed E-state index contributed by atoms with van der Waals surface area (Å²) in [6.07, 6.45) is 5.54. The van der Waals surface area contributed by atoms with Crippen molar-refractivity contribution >= 4 is 17.6 Å². The smallest absolute Gasteiger partial charge is 0.331 e. The summed E-state index contributed by atoms with van der Waals surface area (Å²) in [6.45, 7) is 6.00. The van der Waals surface area contributed by atoms with Gasteiger partial charge in [-0.2, -0.15) is 0 Å². The molecule has 13 heteroatoms. The Balaban J connectivity index is 1.19. The van der Waals surface area contributed by atoms with Gasteiger partial charge in [-0.1, -0.05) is 18.2 Å². The first-order valence-electron chi connectivity index (χ1n) is 15.6. The average molecular weight is 646 g/mol. The Morgan fingerprint density at radius 1 is 0.957 bits per heavy atom. The molecule has 2 heterocycles. The molecule has 2 atom stereocenters. The largest absolute Gasteiger partial charge is 0.491 e. The van der Waals surface area contributed by atoms with E-state index in [1.807, 2.05) is 67.9 Å². The fourth-order valence-electron chi connectivity index (χ4n) is 4.68. The SMILES string of the molecule is COC(=O)COCCCOCCC[C@H](C)Oc1cccc(C(C)NC(=O)c2cccc(NCc3nnc(-c4ccncn4)n3C)c2)c1. The van der Waals surface area contributed by atoms with Crippen molar-refractivity contribution < 1.29 is 28.5 Å². The number of carbonyl (C=O) groups is 2. The standard InChI is InChI=1S/C34H43N7O6/c1-24(9-7-16-45-17-8-18-46-22-32(42)44-4)47-29-13-6-10-26(20-29)25(2)38-34(43)27-11-5-12-28(19-27)36-21-31-39-40-33(41(31)3)30-14-15-35-23-37-30/h5-6,10-15,19-20,23-25,36H,7-9,16-18,21-22H2,1-4H3,(H,38,43)/t24-,25?/m0/s1. The predicted molar refractivity (Wildman–Crippen MR) is 176 cm³/mol. The Kier molecular flexibility index (Phi) is 13.6. The molecule has 1 unspecified atom stereocenters. The maximum Gasteiger partial charge on any atom is 0.331 e. The van der Waals surface area contributed by atoms with Gasteiger partial charge in [0.05, 0.1) is 25.8 Å². The molecule has 2 N–H and O–H groups in total. The second-order valence-electron chi connectivity index (χ2n) is 11.0. The maximum absolute atomic E-state index is 13.2. The summed E-state index contributed by atoms with van der Waals surface area (Å²) in [6, 6.07) is 16.7. The zero-order chi connectivity index (χ0) is 33.4. The van der Waals surface area contributed by atoms with Crippen LogP contribution in [0, 0.1) is 0 Å².